The fraction of sp³-hybridized carbons (Fsp3) is 0.200. The molecule has 0 aromatic heterocycles. The Bertz CT molecular complexity index is 471. The van der Waals surface area contributed by atoms with E-state index in [9.17, 15) is 5.11 Å². The molecule has 2 aromatic carbocycles. The largest absolute Gasteiger partial charge is 0.508 e. The van der Waals surface area contributed by atoms with Crippen LogP contribution in [0, 0.1) is 0 Å². The number of phenolic OH excluding ortho intramolecular Hbond substituents is 1. The Balaban J connectivity index is 2.20. The molecule has 3 N–H and O–H groups in total. The van der Waals surface area contributed by atoms with E-state index in [0.717, 1.165) is 17.5 Å². The van der Waals surface area contributed by atoms with E-state index in [-0.39, 0.29) is 6.04 Å². The molecule has 88 valence electrons. The summed E-state index contributed by atoms with van der Waals surface area (Å²) in [6.45, 7) is 2.01. The number of phenols is 1. The first-order valence-electron chi connectivity index (χ1n) is 5.79. The number of nitrogens with two attached hydrogens (primary N) is 1. The Morgan fingerprint density at radius 2 is 1.41 bits per heavy atom. The van der Waals surface area contributed by atoms with Crippen LogP contribution in [-0.2, 0) is 6.42 Å². The second-order valence-electron chi connectivity index (χ2n) is 4.43. The van der Waals surface area contributed by atoms with Crippen LogP contribution >= 0.6 is 0 Å². The predicted molar refractivity (Wildman–Crippen MR) is 70.9 cm³/mol. The van der Waals surface area contributed by atoms with Gasteiger partial charge in [-0.25, -0.2) is 0 Å². The lowest BCUT2D eigenvalue weighted by Gasteiger charge is -2.07. The minimum absolute atomic E-state index is 0.189. The van der Waals surface area contributed by atoms with Crippen molar-refractivity contribution in [3.05, 3.63) is 54.1 Å². The van der Waals surface area contributed by atoms with E-state index in [1.807, 2.05) is 19.1 Å². The van der Waals surface area contributed by atoms with Gasteiger partial charge in [0.05, 0.1) is 0 Å². The summed E-state index contributed by atoms with van der Waals surface area (Å²) in [6, 6.07) is 15.8. The topological polar surface area (TPSA) is 46.2 Å². The number of rotatable bonds is 3. The van der Waals surface area contributed by atoms with Crippen LogP contribution in [0.3, 0.4) is 0 Å². The molecule has 0 aliphatic carbocycles. The predicted octanol–water partition coefficient (Wildman–Crippen LogP) is 2.95. The number of hydrogen-bond donors (Lipinski definition) is 2. The van der Waals surface area contributed by atoms with Gasteiger partial charge < -0.3 is 10.8 Å². The summed E-state index contributed by atoms with van der Waals surface area (Å²) in [4.78, 5) is 0. The van der Waals surface area contributed by atoms with Crippen molar-refractivity contribution in [3.8, 4) is 16.9 Å². The van der Waals surface area contributed by atoms with Gasteiger partial charge in [0, 0.05) is 6.04 Å². The molecule has 2 nitrogen and oxygen atoms in total. The van der Waals surface area contributed by atoms with Gasteiger partial charge in [0.2, 0.25) is 0 Å². The molecule has 0 saturated heterocycles. The summed E-state index contributed by atoms with van der Waals surface area (Å²) >= 11 is 0. The van der Waals surface area contributed by atoms with Gasteiger partial charge >= 0.3 is 0 Å². The highest BCUT2D eigenvalue weighted by atomic mass is 16.3. The lowest BCUT2D eigenvalue weighted by Crippen LogP contribution is -2.17. The van der Waals surface area contributed by atoms with Gasteiger partial charge in [-0.15, -0.1) is 0 Å². The first kappa shape index (κ1) is 11.7. The number of aromatic hydroxyl groups is 1. The third-order valence-corrected chi connectivity index (χ3v) is 2.71. The monoisotopic (exact) mass is 227 g/mol. The molecule has 0 saturated carbocycles. The zero-order chi connectivity index (χ0) is 12.3. The summed E-state index contributed by atoms with van der Waals surface area (Å²) in [6.07, 6.45) is 0.899. The minimum atomic E-state index is 0.189. The van der Waals surface area contributed by atoms with Crippen LogP contribution in [0.25, 0.3) is 11.1 Å². The van der Waals surface area contributed by atoms with Crippen molar-refractivity contribution in [1.29, 1.82) is 0 Å². The summed E-state index contributed by atoms with van der Waals surface area (Å²) in [7, 11) is 0. The summed E-state index contributed by atoms with van der Waals surface area (Å²) < 4.78 is 0. The lowest BCUT2D eigenvalue weighted by atomic mass is 10.0. The van der Waals surface area contributed by atoms with Crippen molar-refractivity contribution >= 4 is 0 Å². The molecule has 0 aliphatic heterocycles. The molecule has 2 aromatic rings. The van der Waals surface area contributed by atoms with E-state index in [1.54, 1.807) is 12.1 Å². The standard InChI is InChI=1S/C15H17NO/c1-11(16)10-12-2-4-13(5-3-12)14-6-8-15(17)9-7-14/h2-9,11,17H,10,16H2,1H3. The Morgan fingerprint density at radius 1 is 0.941 bits per heavy atom. The van der Waals surface area contributed by atoms with Crippen LogP contribution in [-0.4, -0.2) is 11.1 Å². The molecular weight excluding hydrogens is 210 g/mol. The van der Waals surface area contributed by atoms with Crippen LogP contribution in [0.5, 0.6) is 5.75 Å². The van der Waals surface area contributed by atoms with Crippen LogP contribution in [0.4, 0.5) is 0 Å². The first-order chi connectivity index (χ1) is 8.15. The molecule has 1 atom stereocenters. The van der Waals surface area contributed by atoms with Crippen molar-refractivity contribution in [2.24, 2.45) is 5.73 Å². The van der Waals surface area contributed by atoms with Crippen LogP contribution in [0.15, 0.2) is 48.5 Å². The Kier molecular flexibility index (Phi) is 3.45. The maximum absolute atomic E-state index is 9.23. The van der Waals surface area contributed by atoms with Gasteiger partial charge in [0.1, 0.15) is 5.75 Å². The van der Waals surface area contributed by atoms with Crippen molar-refractivity contribution in [2.75, 3.05) is 0 Å². The molecule has 0 fully saturated rings. The molecule has 0 heterocycles. The van der Waals surface area contributed by atoms with Gasteiger partial charge in [0.25, 0.3) is 0 Å². The van der Waals surface area contributed by atoms with Gasteiger partial charge in [-0.1, -0.05) is 36.4 Å². The zero-order valence-corrected chi connectivity index (χ0v) is 9.93. The van der Waals surface area contributed by atoms with Gasteiger partial charge in [-0.05, 0) is 42.2 Å². The fourth-order valence-electron chi connectivity index (χ4n) is 1.86. The van der Waals surface area contributed by atoms with Crippen molar-refractivity contribution in [2.45, 2.75) is 19.4 Å². The van der Waals surface area contributed by atoms with Gasteiger partial charge in [-0.2, -0.15) is 0 Å². The van der Waals surface area contributed by atoms with Crippen molar-refractivity contribution in [3.63, 3.8) is 0 Å². The Labute approximate surface area is 102 Å². The fourth-order valence-corrected chi connectivity index (χ4v) is 1.86. The molecule has 2 rings (SSSR count). The summed E-state index contributed by atoms with van der Waals surface area (Å²) in [5, 5.41) is 9.23. The maximum atomic E-state index is 9.23. The molecule has 2 heteroatoms. The Hall–Kier alpha value is -1.80. The van der Waals surface area contributed by atoms with Crippen LogP contribution < -0.4 is 5.73 Å². The molecule has 0 spiro atoms. The minimum Gasteiger partial charge on any atom is -0.508 e. The molecule has 0 aliphatic rings. The van der Waals surface area contributed by atoms with Gasteiger partial charge in [-0.3, -0.25) is 0 Å². The highest BCUT2D eigenvalue weighted by molar-refractivity contribution is 5.64. The van der Waals surface area contributed by atoms with Crippen molar-refractivity contribution < 1.29 is 5.11 Å². The quantitative estimate of drug-likeness (QED) is 0.846. The van der Waals surface area contributed by atoms with Crippen LogP contribution in [0.2, 0.25) is 0 Å². The Morgan fingerprint density at radius 3 is 1.88 bits per heavy atom. The summed E-state index contributed by atoms with van der Waals surface area (Å²) in [5.74, 6) is 0.294. The van der Waals surface area contributed by atoms with Crippen molar-refractivity contribution in [1.82, 2.24) is 0 Å². The second-order valence-corrected chi connectivity index (χ2v) is 4.43. The van der Waals surface area contributed by atoms with E-state index >= 15 is 0 Å². The third kappa shape index (κ3) is 3.08. The van der Waals surface area contributed by atoms with E-state index < -0.39 is 0 Å². The molecule has 0 amide bonds. The van der Waals surface area contributed by atoms with E-state index in [4.69, 9.17) is 5.73 Å². The SMILES string of the molecule is CC(N)Cc1ccc(-c2ccc(O)cc2)cc1. The summed E-state index contributed by atoms with van der Waals surface area (Å²) in [5.41, 5.74) is 9.27. The first-order valence-corrected chi connectivity index (χ1v) is 5.79. The number of hydrogen-bond acceptors (Lipinski definition) is 2. The van der Waals surface area contributed by atoms with E-state index in [0.29, 0.717) is 5.75 Å². The van der Waals surface area contributed by atoms with Gasteiger partial charge in [0.15, 0.2) is 0 Å². The highest BCUT2D eigenvalue weighted by Crippen LogP contribution is 2.22. The van der Waals surface area contributed by atoms with E-state index in [1.165, 1.54) is 5.56 Å². The smallest absolute Gasteiger partial charge is 0.115 e. The normalized spacial score (nSPS) is 12.4. The molecule has 0 bridgehead atoms. The highest BCUT2D eigenvalue weighted by Gasteiger charge is 2.00. The molecule has 17 heavy (non-hydrogen) atoms. The molecular formula is C15H17NO. The zero-order valence-electron chi connectivity index (χ0n) is 9.93. The number of benzene rings is 2. The van der Waals surface area contributed by atoms with E-state index in [2.05, 4.69) is 24.3 Å². The second kappa shape index (κ2) is 5.02. The molecule has 1 unspecified atom stereocenters. The average Bonchev–Trinajstić information content (AvgIpc) is 2.30. The van der Waals surface area contributed by atoms with Crippen LogP contribution in [0.1, 0.15) is 12.5 Å². The maximum Gasteiger partial charge on any atom is 0.115 e. The third-order valence-electron chi connectivity index (χ3n) is 2.71. The molecule has 0 radical (unpaired) electrons. The average molecular weight is 227 g/mol. The lowest BCUT2D eigenvalue weighted by molar-refractivity contribution is 0.475.